The molecule has 2 aliphatic rings. The van der Waals surface area contributed by atoms with E-state index in [-0.39, 0.29) is 0 Å². The molecular formula is C11H12BrNS. The van der Waals surface area contributed by atoms with E-state index in [0.717, 1.165) is 5.92 Å². The van der Waals surface area contributed by atoms with Crippen molar-refractivity contribution in [2.75, 3.05) is 16.8 Å². The third kappa shape index (κ3) is 1.29. The Balaban J connectivity index is 2.05. The quantitative estimate of drug-likeness (QED) is 0.774. The highest BCUT2D eigenvalue weighted by atomic mass is 79.9. The van der Waals surface area contributed by atoms with Crippen molar-refractivity contribution >= 4 is 33.4 Å². The molecule has 2 heterocycles. The van der Waals surface area contributed by atoms with E-state index in [1.165, 1.54) is 33.7 Å². The smallest absolute Gasteiger partial charge is 0.0523 e. The zero-order valence-electron chi connectivity index (χ0n) is 7.79. The third-order valence-corrected chi connectivity index (χ3v) is 4.91. The van der Waals surface area contributed by atoms with Gasteiger partial charge in [0.25, 0.3) is 0 Å². The van der Waals surface area contributed by atoms with Crippen molar-refractivity contribution < 1.29 is 0 Å². The number of benzene rings is 1. The van der Waals surface area contributed by atoms with Crippen LogP contribution in [0.3, 0.4) is 0 Å². The van der Waals surface area contributed by atoms with E-state index in [1.54, 1.807) is 0 Å². The van der Waals surface area contributed by atoms with Gasteiger partial charge >= 0.3 is 0 Å². The molecule has 1 N–H and O–H groups in total. The molecule has 1 saturated heterocycles. The van der Waals surface area contributed by atoms with Crippen LogP contribution in [-0.4, -0.2) is 17.5 Å². The van der Waals surface area contributed by atoms with Crippen LogP contribution in [0.15, 0.2) is 22.7 Å². The molecule has 1 aromatic rings. The summed E-state index contributed by atoms with van der Waals surface area (Å²) in [6.45, 7) is 0. The first kappa shape index (κ1) is 9.10. The van der Waals surface area contributed by atoms with Gasteiger partial charge in [0.2, 0.25) is 0 Å². The molecule has 2 atom stereocenters. The molecule has 1 nitrogen and oxygen atoms in total. The van der Waals surface area contributed by atoms with Crippen molar-refractivity contribution in [1.82, 2.24) is 0 Å². The number of halogens is 1. The van der Waals surface area contributed by atoms with Crippen LogP contribution in [0.1, 0.15) is 17.9 Å². The number of anilines is 1. The van der Waals surface area contributed by atoms with Crippen molar-refractivity contribution in [1.29, 1.82) is 0 Å². The summed E-state index contributed by atoms with van der Waals surface area (Å²) in [6.07, 6.45) is 1.30. The van der Waals surface area contributed by atoms with Gasteiger partial charge in [0.15, 0.2) is 0 Å². The van der Waals surface area contributed by atoms with E-state index in [9.17, 15) is 0 Å². The van der Waals surface area contributed by atoms with Crippen LogP contribution in [0.5, 0.6) is 0 Å². The average Bonchev–Trinajstić information content (AvgIpc) is 2.59. The highest BCUT2D eigenvalue weighted by Gasteiger charge is 2.34. The van der Waals surface area contributed by atoms with E-state index in [1.807, 2.05) is 0 Å². The lowest BCUT2D eigenvalue weighted by Crippen LogP contribution is -2.26. The van der Waals surface area contributed by atoms with Crippen molar-refractivity contribution in [3.8, 4) is 0 Å². The number of para-hydroxylation sites is 1. The Hall–Kier alpha value is -0.150. The zero-order chi connectivity index (χ0) is 9.54. The van der Waals surface area contributed by atoms with Crippen LogP contribution >= 0.6 is 27.7 Å². The lowest BCUT2D eigenvalue weighted by molar-refractivity contribution is 0.614. The Bertz CT molecular complexity index is 366. The summed E-state index contributed by atoms with van der Waals surface area (Å²) in [7, 11) is 0. The Kier molecular flexibility index (Phi) is 2.25. The normalized spacial score (nSPS) is 29.2. The van der Waals surface area contributed by atoms with Crippen LogP contribution in [0.2, 0.25) is 0 Å². The first-order chi connectivity index (χ1) is 6.86. The van der Waals surface area contributed by atoms with Gasteiger partial charge in [-0.3, -0.25) is 0 Å². The van der Waals surface area contributed by atoms with Gasteiger partial charge in [0.05, 0.1) is 5.69 Å². The molecule has 2 aliphatic heterocycles. The molecule has 0 saturated carbocycles. The lowest BCUT2D eigenvalue weighted by atomic mass is 9.95. The molecule has 0 spiro atoms. The summed E-state index contributed by atoms with van der Waals surface area (Å²) in [5.74, 6) is 3.32. The number of thioether (sulfide) groups is 1. The van der Waals surface area contributed by atoms with Gasteiger partial charge in [-0.1, -0.05) is 12.1 Å². The second-order valence-electron chi connectivity index (χ2n) is 3.92. The second-order valence-corrected chi connectivity index (χ2v) is 5.93. The van der Waals surface area contributed by atoms with E-state index < -0.39 is 0 Å². The van der Waals surface area contributed by atoms with E-state index in [2.05, 4.69) is 51.2 Å². The molecule has 0 bridgehead atoms. The van der Waals surface area contributed by atoms with E-state index in [4.69, 9.17) is 0 Å². The highest BCUT2D eigenvalue weighted by molar-refractivity contribution is 9.10. The van der Waals surface area contributed by atoms with E-state index in [0.29, 0.717) is 6.04 Å². The molecule has 1 aromatic carbocycles. The molecule has 0 aliphatic carbocycles. The highest BCUT2D eigenvalue weighted by Crippen LogP contribution is 2.45. The summed E-state index contributed by atoms with van der Waals surface area (Å²) in [6, 6.07) is 7.22. The zero-order valence-corrected chi connectivity index (χ0v) is 10.2. The van der Waals surface area contributed by atoms with Gasteiger partial charge < -0.3 is 5.32 Å². The fraction of sp³-hybridized carbons (Fsp3) is 0.455. The monoisotopic (exact) mass is 269 g/mol. The Labute approximate surface area is 96.8 Å². The summed E-state index contributed by atoms with van der Waals surface area (Å²) in [5.41, 5.74) is 2.85. The van der Waals surface area contributed by atoms with Gasteiger partial charge in [-0.15, -0.1) is 0 Å². The molecule has 14 heavy (non-hydrogen) atoms. The number of nitrogens with one attached hydrogen (secondary N) is 1. The van der Waals surface area contributed by atoms with Crippen molar-refractivity contribution in [2.24, 2.45) is 0 Å². The SMILES string of the molecule is Brc1cccc2c1N[C@H]1CCSC[C@@H]21. The Morgan fingerprint density at radius 3 is 3.29 bits per heavy atom. The van der Waals surface area contributed by atoms with Crippen molar-refractivity contribution in [3.63, 3.8) is 0 Å². The van der Waals surface area contributed by atoms with E-state index >= 15 is 0 Å². The molecule has 0 unspecified atom stereocenters. The maximum Gasteiger partial charge on any atom is 0.0523 e. The first-order valence-electron chi connectivity index (χ1n) is 4.99. The van der Waals surface area contributed by atoms with Gasteiger partial charge in [-0.25, -0.2) is 0 Å². The summed E-state index contributed by atoms with van der Waals surface area (Å²) in [5, 5.41) is 3.64. The van der Waals surface area contributed by atoms with Crippen molar-refractivity contribution in [3.05, 3.63) is 28.2 Å². The van der Waals surface area contributed by atoms with Crippen LogP contribution in [-0.2, 0) is 0 Å². The molecule has 3 rings (SSSR count). The molecule has 1 fully saturated rings. The third-order valence-electron chi connectivity index (χ3n) is 3.13. The fourth-order valence-electron chi connectivity index (χ4n) is 2.40. The molecule has 0 radical (unpaired) electrons. The molecule has 3 heteroatoms. The topological polar surface area (TPSA) is 12.0 Å². The number of fused-ring (bicyclic) bond motifs is 3. The van der Waals surface area contributed by atoms with Gasteiger partial charge in [-0.05, 0) is 39.7 Å². The lowest BCUT2D eigenvalue weighted by Gasteiger charge is -2.24. The van der Waals surface area contributed by atoms with Gasteiger partial charge in [0, 0.05) is 22.2 Å². The maximum absolute atomic E-state index is 3.64. The van der Waals surface area contributed by atoms with Crippen LogP contribution < -0.4 is 5.32 Å². The standard InChI is InChI=1S/C11H12BrNS/c12-9-3-1-2-7-8-6-14-5-4-10(8)13-11(7)9/h1-3,8,10,13H,4-6H2/t8-,10-/m0/s1. The minimum atomic E-state index is 0.685. The van der Waals surface area contributed by atoms with Gasteiger partial charge in [0.1, 0.15) is 0 Å². The first-order valence-corrected chi connectivity index (χ1v) is 6.94. The second kappa shape index (κ2) is 3.46. The summed E-state index contributed by atoms with van der Waals surface area (Å²) >= 11 is 5.70. The molecule has 74 valence electrons. The number of hydrogen-bond donors (Lipinski definition) is 1. The molecule has 0 amide bonds. The van der Waals surface area contributed by atoms with Gasteiger partial charge in [-0.2, -0.15) is 11.8 Å². The predicted molar refractivity (Wildman–Crippen MR) is 66.2 cm³/mol. The summed E-state index contributed by atoms with van der Waals surface area (Å²) < 4.78 is 1.22. The minimum Gasteiger partial charge on any atom is -0.380 e. The van der Waals surface area contributed by atoms with Crippen molar-refractivity contribution in [2.45, 2.75) is 18.4 Å². The predicted octanol–water partition coefficient (Wildman–Crippen LogP) is 3.46. The summed E-state index contributed by atoms with van der Waals surface area (Å²) in [4.78, 5) is 0. The van der Waals surface area contributed by atoms with Crippen LogP contribution in [0.4, 0.5) is 5.69 Å². The number of hydrogen-bond acceptors (Lipinski definition) is 2. The average molecular weight is 270 g/mol. The largest absolute Gasteiger partial charge is 0.380 e. The maximum atomic E-state index is 3.64. The molecular weight excluding hydrogens is 258 g/mol. The number of rotatable bonds is 0. The molecule has 0 aromatic heterocycles. The Morgan fingerprint density at radius 1 is 1.43 bits per heavy atom. The van der Waals surface area contributed by atoms with Crippen LogP contribution in [0, 0.1) is 0 Å². The fourth-order valence-corrected chi connectivity index (χ4v) is 4.15. The van der Waals surface area contributed by atoms with Crippen LogP contribution in [0.25, 0.3) is 0 Å². The Morgan fingerprint density at radius 2 is 2.36 bits per heavy atom. The minimum absolute atomic E-state index is 0.685.